The maximum Gasteiger partial charge on any atom is 0.253 e. The van der Waals surface area contributed by atoms with Crippen molar-refractivity contribution in [2.45, 2.75) is 44.5 Å². The van der Waals surface area contributed by atoms with Gasteiger partial charge < -0.3 is 14.5 Å². The maximum absolute atomic E-state index is 13.8. The number of ether oxygens (including phenoxy) is 2. The zero-order valence-electron chi connectivity index (χ0n) is 25.6. The quantitative estimate of drug-likeness (QED) is 0.247. The van der Waals surface area contributed by atoms with Gasteiger partial charge in [-0.05, 0) is 65.6 Å². The van der Waals surface area contributed by atoms with E-state index in [0.717, 1.165) is 62.3 Å². The minimum Gasteiger partial charge on any atom is -0.494 e. The normalized spacial score (nSPS) is 18.5. The number of pyridine rings is 1. The Morgan fingerprint density at radius 3 is 2.24 bits per heavy atom. The molecule has 2 aromatic heterocycles. The second kappa shape index (κ2) is 13.3. The summed E-state index contributed by atoms with van der Waals surface area (Å²) in [6, 6.07) is 28.8. The second-order valence-electron chi connectivity index (χ2n) is 11.8. The lowest BCUT2D eigenvalue weighted by Gasteiger charge is -2.42. The summed E-state index contributed by atoms with van der Waals surface area (Å²) >= 11 is 0. The van der Waals surface area contributed by atoms with E-state index in [0.29, 0.717) is 24.5 Å². The number of H-pyrrole nitrogens is 1. The van der Waals surface area contributed by atoms with Crippen molar-refractivity contribution >= 4 is 10.9 Å². The lowest BCUT2D eigenvalue weighted by molar-refractivity contribution is 0.0778. The molecule has 1 N–H and O–H groups in total. The molecule has 0 aliphatic carbocycles. The Labute approximate surface area is 262 Å². The van der Waals surface area contributed by atoms with E-state index in [9.17, 15) is 4.79 Å². The van der Waals surface area contributed by atoms with E-state index in [-0.39, 0.29) is 17.7 Å². The van der Waals surface area contributed by atoms with Crippen LogP contribution in [0.5, 0.6) is 5.75 Å². The minimum absolute atomic E-state index is 0.0610. The summed E-state index contributed by atoms with van der Waals surface area (Å²) in [6.45, 7) is 6.96. The van der Waals surface area contributed by atoms with Crippen LogP contribution in [-0.2, 0) is 11.3 Å². The number of nitrogens with zero attached hydrogens (tertiary/aromatic N) is 6. The molecule has 10 nitrogen and oxygen atoms in total. The van der Waals surface area contributed by atoms with Gasteiger partial charge >= 0.3 is 0 Å². The highest BCUT2D eigenvalue weighted by atomic mass is 16.5. The summed E-state index contributed by atoms with van der Waals surface area (Å²) < 4.78 is 13.5. The Morgan fingerprint density at radius 2 is 1.60 bits per heavy atom. The van der Waals surface area contributed by atoms with Gasteiger partial charge in [0.25, 0.3) is 5.56 Å². The van der Waals surface area contributed by atoms with Gasteiger partial charge in [-0.15, -0.1) is 5.10 Å². The van der Waals surface area contributed by atoms with Crippen molar-refractivity contribution in [3.05, 3.63) is 118 Å². The molecule has 4 heterocycles. The zero-order valence-corrected chi connectivity index (χ0v) is 25.6. The lowest BCUT2D eigenvalue weighted by atomic mass is 9.96. The van der Waals surface area contributed by atoms with Crippen LogP contribution in [0.25, 0.3) is 10.9 Å². The first kappa shape index (κ1) is 29.3. The number of hydrogen-bond donors (Lipinski definition) is 1. The molecule has 0 spiro atoms. The second-order valence-corrected chi connectivity index (χ2v) is 11.8. The average molecular weight is 606 g/mol. The van der Waals surface area contributed by atoms with E-state index in [2.05, 4.69) is 91.0 Å². The molecule has 7 rings (SSSR count). The smallest absolute Gasteiger partial charge is 0.253 e. The van der Waals surface area contributed by atoms with Gasteiger partial charge in [0, 0.05) is 49.3 Å². The Morgan fingerprint density at radius 1 is 0.911 bits per heavy atom. The van der Waals surface area contributed by atoms with E-state index in [1.807, 2.05) is 35.9 Å². The predicted molar refractivity (Wildman–Crippen MR) is 172 cm³/mol. The van der Waals surface area contributed by atoms with Crippen LogP contribution in [0.1, 0.15) is 54.4 Å². The van der Waals surface area contributed by atoms with Gasteiger partial charge in [-0.2, -0.15) is 0 Å². The third-order valence-electron chi connectivity index (χ3n) is 8.96. The standard InChI is InChI=1S/C35H39N7O3/c1-2-44-28-15-16-31-27(22-28)23-30(35(43)36-31)33(34-37-38-39-42(34)24-29-14-9-21-45-29)41-19-17-40(18-20-41)32(25-10-5-3-6-11-25)26-12-7-4-8-13-26/h3-8,10-13,15-16,22-23,29,32-33H,2,9,14,17-21,24H2,1H3,(H,36,43)/t29-,33+/m1/s1. The van der Waals surface area contributed by atoms with Crippen molar-refractivity contribution in [1.29, 1.82) is 0 Å². The van der Waals surface area contributed by atoms with Crippen molar-refractivity contribution in [2.75, 3.05) is 39.4 Å². The maximum atomic E-state index is 13.8. The monoisotopic (exact) mass is 605 g/mol. The number of fused-ring (bicyclic) bond motifs is 1. The van der Waals surface area contributed by atoms with E-state index < -0.39 is 6.04 Å². The molecule has 5 aromatic rings. The third kappa shape index (κ3) is 6.26. The topological polar surface area (TPSA) is 101 Å². The summed E-state index contributed by atoms with van der Waals surface area (Å²) in [5.74, 6) is 1.43. The number of aromatic nitrogens is 5. The summed E-state index contributed by atoms with van der Waals surface area (Å²) in [5, 5.41) is 13.9. The largest absolute Gasteiger partial charge is 0.494 e. The van der Waals surface area contributed by atoms with Crippen LogP contribution in [0.3, 0.4) is 0 Å². The first-order valence-corrected chi connectivity index (χ1v) is 15.9. The molecule has 2 atom stereocenters. The van der Waals surface area contributed by atoms with Crippen LogP contribution >= 0.6 is 0 Å². The molecule has 2 aliphatic heterocycles. The van der Waals surface area contributed by atoms with Crippen molar-refractivity contribution in [1.82, 2.24) is 35.0 Å². The Bertz CT molecular complexity index is 1720. The van der Waals surface area contributed by atoms with Crippen molar-refractivity contribution in [3.63, 3.8) is 0 Å². The third-order valence-corrected chi connectivity index (χ3v) is 8.96. The van der Waals surface area contributed by atoms with Gasteiger partial charge in [-0.3, -0.25) is 14.6 Å². The molecule has 45 heavy (non-hydrogen) atoms. The number of rotatable bonds is 10. The van der Waals surface area contributed by atoms with Gasteiger partial charge in [0.1, 0.15) is 11.8 Å². The molecule has 0 unspecified atom stereocenters. The van der Waals surface area contributed by atoms with Gasteiger partial charge in [-0.1, -0.05) is 60.7 Å². The first-order valence-electron chi connectivity index (χ1n) is 15.9. The van der Waals surface area contributed by atoms with E-state index >= 15 is 0 Å². The number of tetrazole rings is 1. The van der Waals surface area contributed by atoms with Crippen molar-refractivity contribution in [2.24, 2.45) is 0 Å². The highest BCUT2D eigenvalue weighted by Gasteiger charge is 2.35. The number of hydrogen-bond acceptors (Lipinski definition) is 8. The molecule has 3 aromatic carbocycles. The molecule has 232 valence electrons. The van der Waals surface area contributed by atoms with Crippen LogP contribution in [-0.4, -0.2) is 80.5 Å². The highest BCUT2D eigenvalue weighted by Crippen LogP contribution is 2.33. The van der Waals surface area contributed by atoms with E-state index in [1.165, 1.54) is 11.1 Å². The molecule has 0 amide bonds. The lowest BCUT2D eigenvalue weighted by Crippen LogP contribution is -2.50. The Hall–Kier alpha value is -4.38. The van der Waals surface area contributed by atoms with Crippen molar-refractivity contribution < 1.29 is 9.47 Å². The van der Waals surface area contributed by atoms with Gasteiger partial charge in [0.15, 0.2) is 5.82 Å². The summed E-state index contributed by atoms with van der Waals surface area (Å²) in [6.07, 6.45) is 2.06. The van der Waals surface area contributed by atoms with Crippen LogP contribution in [0.4, 0.5) is 0 Å². The summed E-state index contributed by atoms with van der Waals surface area (Å²) in [4.78, 5) is 21.8. The Kier molecular flexibility index (Phi) is 8.68. The summed E-state index contributed by atoms with van der Waals surface area (Å²) in [5.41, 5.74) is 3.78. The highest BCUT2D eigenvalue weighted by molar-refractivity contribution is 5.80. The van der Waals surface area contributed by atoms with Gasteiger partial charge in [-0.25, -0.2) is 4.68 Å². The van der Waals surface area contributed by atoms with Crippen LogP contribution in [0.15, 0.2) is 89.7 Å². The number of piperazine rings is 1. The van der Waals surface area contributed by atoms with E-state index in [1.54, 1.807) is 0 Å². The molecule has 0 bridgehead atoms. The van der Waals surface area contributed by atoms with Crippen molar-refractivity contribution in [3.8, 4) is 5.75 Å². The van der Waals surface area contributed by atoms with Crippen LogP contribution < -0.4 is 10.3 Å². The fourth-order valence-electron chi connectivity index (χ4n) is 6.82. The van der Waals surface area contributed by atoms with Crippen LogP contribution in [0.2, 0.25) is 0 Å². The fraction of sp³-hybridized carbons (Fsp3) is 0.371. The number of nitrogens with one attached hydrogen (secondary N) is 1. The molecule has 0 saturated carbocycles. The van der Waals surface area contributed by atoms with Gasteiger partial charge in [0.05, 0.1) is 25.3 Å². The van der Waals surface area contributed by atoms with Gasteiger partial charge in [0.2, 0.25) is 0 Å². The zero-order chi connectivity index (χ0) is 30.6. The predicted octanol–water partition coefficient (Wildman–Crippen LogP) is 4.59. The molecule has 10 heteroatoms. The molecular weight excluding hydrogens is 566 g/mol. The molecule has 2 fully saturated rings. The molecule has 0 radical (unpaired) electrons. The summed E-state index contributed by atoms with van der Waals surface area (Å²) in [7, 11) is 0. The molecular formula is C35H39N7O3. The fourth-order valence-corrected chi connectivity index (χ4v) is 6.82. The number of aromatic amines is 1. The number of benzene rings is 3. The SMILES string of the molecule is CCOc1ccc2[nH]c(=O)c([C@@H](c3nnnn3C[C@H]3CCCO3)N3CCN(C(c4ccccc4)c4ccccc4)CC3)cc2c1. The van der Waals surface area contributed by atoms with E-state index in [4.69, 9.17) is 9.47 Å². The first-order chi connectivity index (χ1) is 22.2. The Balaban J connectivity index is 1.24. The average Bonchev–Trinajstić information content (AvgIpc) is 3.76. The molecule has 2 saturated heterocycles. The minimum atomic E-state index is -0.431. The van der Waals surface area contributed by atoms with Crippen LogP contribution in [0, 0.1) is 0 Å². The molecule has 2 aliphatic rings.